The van der Waals surface area contributed by atoms with Crippen LogP contribution in [0.25, 0.3) is 0 Å². The van der Waals surface area contributed by atoms with E-state index < -0.39 is 0 Å². The first kappa shape index (κ1) is 14.4. The van der Waals surface area contributed by atoms with Crippen molar-refractivity contribution in [3.8, 4) is 6.07 Å². The van der Waals surface area contributed by atoms with Gasteiger partial charge in [0.1, 0.15) is 5.54 Å². The topological polar surface area (TPSA) is 39.1 Å². The van der Waals surface area contributed by atoms with Gasteiger partial charge in [0.15, 0.2) is 0 Å². The highest BCUT2D eigenvalue weighted by Crippen LogP contribution is 2.22. The van der Waals surface area contributed by atoms with Crippen LogP contribution in [-0.4, -0.2) is 36.1 Å². The summed E-state index contributed by atoms with van der Waals surface area (Å²) in [5.41, 5.74) is -0.334. The summed E-state index contributed by atoms with van der Waals surface area (Å²) < 4.78 is 0. The Morgan fingerprint density at radius 3 is 2.40 bits per heavy atom. The second-order valence-electron chi connectivity index (χ2n) is 5.41. The van der Waals surface area contributed by atoms with Gasteiger partial charge in [-0.15, -0.1) is 0 Å². The Morgan fingerprint density at radius 2 is 2.00 bits per heavy atom. The summed E-state index contributed by atoms with van der Waals surface area (Å²) in [6.07, 6.45) is 2.07. The monoisotopic (exact) mass is 211 g/mol. The molecule has 1 N–H and O–H groups in total. The van der Waals surface area contributed by atoms with Crippen molar-refractivity contribution in [3.63, 3.8) is 0 Å². The van der Waals surface area contributed by atoms with Gasteiger partial charge in [0.25, 0.3) is 0 Å². The summed E-state index contributed by atoms with van der Waals surface area (Å²) in [5, 5.41) is 12.7. The summed E-state index contributed by atoms with van der Waals surface area (Å²) in [6.45, 7) is 8.28. The molecule has 0 aromatic heterocycles. The quantitative estimate of drug-likeness (QED) is 0.721. The zero-order chi connectivity index (χ0) is 10.8. The first-order valence-corrected chi connectivity index (χ1v) is 5.26. The zero-order valence-electron chi connectivity index (χ0n) is 9.72. The summed E-state index contributed by atoms with van der Waals surface area (Å²) in [6, 6.07) is 2.45. The molecule has 0 aromatic carbocycles. The Labute approximate surface area is 94.5 Å². The second kappa shape index (κ2) is 4.96. The van der Waals surface area contributed by atoms with Crippen molar-refractivity contribution in [2.24, 2.45) is 0 Å². The van der Waals surface area contributed by atoms with Crippen LogP contribution in [0.3, 0.4) is 0 Å². The molecule has 1 rings (SSSR count). The standard InChI is InChI=1S/C11H21N3.CH4/c1-10(2,3)13-11(8-12)6-5-7-14(4)9-11;/h13H,5-7,9H2,1-4H3;1H4. The number of hydrogen-bond donors (Lipinski definition) is 1. The van der Waals surface area contributed by atoms with Crippen LogP contribution in [0.4, 0.5) is 0 Å². The van der Waals surface area contributed by atoms with Crippen LogP contribution in [0.2, 0.25) is 0 Å². The van der Waals surface area contributed by atoms with Gasteiger partial charge in [-0.05, 0) is 47.2 Å². The molecule has 1 fully saturated rings. The number of likely N-dealkylation sites (tertiary alicyclic amines) is 1. The predicted molar refractivity (Wildman–Crippen MR) is 64.7 cm³/mol. The maximum atomic E-state index is 9.28. The lowest BCUT2D eigenvalue weighted by Crippen LogP contribution is -2.60. The van der Waals surface area contributed by atoms with Crippen molar-refractivity contribution in [3.05, 3.63) is 0 Å². The fourth-order valence-electron chi connectivity index (χ4n) is 2.21. The van der Waals surface area contributed by atoms with E-state index in [9.17, 15) is 5.26 Å². The summed E-state index contributed by atoms with van der Waals surface area (Å²) in [4.78, 5) is 2.23. The largest absolute Gasteiger partial charge is 0.303 e. The van der Waals surface area contributed by atoms with Crippen LogP contribution < -0.4 is 5.32 Å². The molecule has 0 amide bonds. The Morgan fingerprint density at radius 1 is 1.40 bits per heavy atom. The van der Waals surface area contributed by atoms with Crippen LogP contribution in [0.1, 0.15) is 41.0 Å². The lowest BCUT2D eigenvalue weighted by molar-refractivity contribution is 0.157. The zero-order valence-corrected chi connectivity index (χ0v) is 9.72. The molecule has 88 valence electrons. The third-order valence-corrected chi connectivity index (χ3v) is 2.51. The van der Waals surface area contributed by atoms with Crippen molar-refractivity contribution in [1.29, 1.82) is 5.26 Å². The summed E-state index contributed by atoms with van der Waals surface area (Å²) >= 11 is 0. The predicted octanol–water partition coefficient (Wildman–Crippen LogP) is 2.00. The number of nitriles is 1. The molecule has 0 saturated carbocycles. The van der Waals surface area contributed by atoms with E-state index in [1.807, 2.05) is 0 Å². The van der Waals surface area contributed by atoms with Gasteiger partial charge < -0.3 is 4.90 Å². The Hall–Kier alpha value is -0.590. The van der Waals surface area contributed by atoms with Gasteiger partial charge in [-0.25, -0.2) is 0 Å². The molecule has 0 spiro atoms. The molecular formula is C12H25N3. The SMILES string of the molecule is C.CN1CCCC(C#N)(NC(C)(C)C)C1. The van der Waals surface area contributed by atoms with Gasteiger partial charge in [-0.2, -0.15) is 5.26 Å². The maximum Gasteiger partial charge on any atom is 0.119 e. The van der Waals surface area contributed by atoms with Crippen molar-refractivity contribution in [1.82, 2.24) is 10.2 Å². The fourth-order valence-corrected chi connectivity index (χ4v) is 2.21. The van der Waals surface area contributed by atoms with Gasteiger partial charge in [-0.3, -0.25) is 5.32 Å². The van der Waals surface area contributed by atoms with Crippen molar-refractivity contribution < 1.29 is 0 Å². The van der Waals surface area contributed by atoms with Crippen LogP contribution in [0.15, 0.2) is 0 Å². The van der Waals surface area contributed by atoms with Crippen LogP contribution in [0, 0.1) is 11.3 Å². The first-order valence-electron chi connectivity index (χ1n) is 5.26. The molecule has 1 atom stereocenters. The third-order valence-electron chi connectivity index (χ3n) is 2.51. The number of nitrogens with zero attached hydrogens (tertiary/aromatic N) is 2. The molecular weight excluding hydrogens is 186 g/mol. The van der Waals surface area contributed by atoms with Gasteiger partial charge in [0.2, 0.25) is 0 Å². The smallest absolute Gasteiger partial charge is 0.119 e. The minimum atomic E-state index is -0.342. The summed E-state index contributed by atoms with van der Waals surface area (Å²) in [7, 11) is 2.08. The highest BCUT2D eigenvalue weighted by molar-refractivity contribution is 5.12. The van der Waals surface area contributed by atoms with Gasteiger partial charge in [-0.1, -0.05) is 7.43 Å². The van der Waals surface area contributed by atoms with E-state index in [1.54, 1.807) is 0 Å². The Kier molecular flexibility index (Phi) is 4.76. The van der Waals surface area contributed by atoms with E-state index in [1.165, 1.54) is 0 Å². The number of nitrogens with one attached hydrogen (secondary N) is 1. The van der Waals surface area contributed by atoms with Gasteiger partial charge in [0.05, 0.1) is 6.07 Å². The van der Waals surface area contributed by atoms with Crippen molar-refractivity contribution in [2.45, 2.75) is 52.1 Å². The van der Waals surface area contributed by atoms with E-state index in [4.69, 9.17) is 0 Å². The average Bonchev–Trinajstić information content (AvgIpc) is 2.01. The lowest BCUT2D eigenvalue weighted by atomic mass is 9.88. The van der Waals surface area contributed by atoms with Crippen LogP contribution >= 0.6 is 0 Å². The minimum Gasteiger partial charge on any atom is -0.303 e. The molecule has 0 bridgehead atoms. The van der Waals surface area contributed by atoms with E-state index >= 15 is 0 Å². The molecule has 1 aliphatic rings. The van der Waals surface area contributed by atoms with E-state index in [2.05, 4.69) is 44.1 Å². The van der Waals surface area contributed by atoms with E-state index in [-0.39, 0.29) is 18.5 Å². The van der Waals surface area contributed by atoms with Crippen molar-refractivity contribution >= 4 is 0 Å². The Bertz CT molecular complexity index is 236. The summed E-state index contributed by atoms with van der Waals surface area (Å²) in [5.74, 6) is 0. The molecule has 1 unspecified atom stereocenters. The van der Waals surface area contributed by atoms with Crippen LogP contribution in [-0.2, 0) is 0 Å². The van der Waals surface area contributed by atoms with E-state index in [0.29, 0.717) is 0 Å². The molecule has 3 heteroatoms. The molecule has 1 aliphatic heterocycles. The Balaban J connectivity index is 0.00000196. The third kappa shape index (κ3) is 4.19. The number of piperidine rings is 1. The normalized spacial score (nSPS) is 27.9. The van der Waals surface area contributed by atoms with Gasteiger partial charge >= 0.3 is 0 Å². The number of rotatable bonds is 1. The minimum absolute atomic E-state index is 0. The van der Waals surface area contributed by atoms with Gasteiger partial charge in [0, 0.05) is 12.1 Å². The molecule has 15 heavy (non-hydrogen) atoms. The highest BCUT2D eigenvalue weighted by atomic mass is 15.2. The molecule has 0 aromatic rings. The maximum absolute atomic E-state index is 9.28. The fraction of sp³-hybridized carbons (Fsp3) is 0.917. The highest BCUT2D eigenvalue weighted by Gasteiger charge is 2.37. The molecule has 0 aliphatic carbocycles. The molecule has 1 saturated heterocycles. The number of hydrogen-bond acceptors (Lipinski definition) is 3. The second-order valence-corrected chi connectivity index (χ2v) is 5.41. The van der Waals surface area contributed by atoms with Crippen molar-refractivity contribution in [2.75, 3.05) is 20.1 Å². The van der Waals surface area contributed by atoms with E-state index in [0.717, 1.165) is 25.9 Å². The lowest BCUT2D eigenvalue weighted by Gasteiger charge is -2.41. The average molecular weight is 211 g/mol. The molecule has 3 nitrogen and oxygen atoms in total. The first-order chi connectivity index (χ1) is 6.37. The van der Waals surface area contributed by atoms with Crippen LogP contribution in [0.5, 0.6) is 0 Å². The number of likely N-dealkylation sites (N-methyl/N-ethyl adjacent to an activating group) is 1. The molecule has 1 heterocycles. The molecule has 0 radical (unpaired) electrons.